The van der Waals surface area contributed by atoms with Gasteiger partial charge in [0.05, 0.1) is 17.5 Å². The number of nitrogens with zero attached hydrogens (tertiary/aromatic N) is 3. The van der Waals surface area contributed by atoms with Crippen molar-refractivity contribution in [1.82, 2.24) is 14.6 Å². The van der Waals surface area contributed by atoms with Crippen LogP contribution in [-0.2, 0) is 6.54 Å². The topological polar surface area (TPSA) is 88.5 Å². The molecule has 126 valence electrons. The molecule has 0 aliphatic carbocycles. The predicted octanol–water partition coefficient (Wildman–Crippen LogP) is 2.43. The molecule has 6 heteroatoms. The molecule has 1 aromatic carbocycles. The van der Waals surface area contributed by atoms with Crippen LogP contribution in [0, 0.1) is 0 Å². The van der Waals surface area contributed by atoms with Gasteiger partial charge in [-0.15, -0.1) is 5.10 Å². The van der Waals surface area contributed by atoms with E-state index in [0.29, 0.717) is 19.5 Å². The zero-order valence-corrected chi connectivity index (χ0v) is 14.0. The van der Waals surface area contributed by atoms with Crippen LogP contribution in [0.5, 0.6) is 0 Å². The van der Waals surface area contributed by atoms with Crippen molar-refractivity contribution >= 4 is 11.5 Å². The van der Waals surface area contributed by atoms with Crippen LogP contribution in [0.25, 0.3) is 16.9 Å². The van der Waals surface area contributed by atoms with Crippen molar-refractivity contribution in [3.8, 4) is 11.3 Å². The van der Waals surface area contributed by atoms with Crippen molar-refractivity contribution in [2.24, 2.45) is 5.73 Å². The molecule has 0 radical (unpaired) electrons. The number of anilines is 1. The van der Waals surface area contributed by atoms with Crippen molar-refractivity contribution in [3.63, 3.8) is 0 Å². The van der Waals surface area contributed by atoms with Crippen molar-refractivity contribution in [2.45, 2.75) is 32.4 Å². The van der Waals surface area contributed by atoms with E-state index in [4.69, 9.17) is 5.73 Å². The highest BCUT2D eigenvalue weighted by Crippen LogP contribution is 2.24. The Kier molecular flexibility index (Phi) is 4.51. The molecule has 0 aliphatic heterocycles. The van der Waals surface area contributed by atoms with E-state index in [9.17, 15) is 5.11 Å². The number of aliphatic hydroxyl groups is 1. The Morgan fingerprint density at radius 1 is 1.21 bits per heavy atom. The normalized spacial score (nSPS) is 11.8. The number of hydrogen-bond donors (Lipinski definition) is 3. The highest BCUT2D eigenvalue weighted by Gasteiger charge is 2.13. The third kappa shape index (κ3) is 3.55. The summed E-state index contributed by atoms with van der Waals surface area (Å²) in [5.74, 6) is 0.747. The minimum atomic E-state index is -0.697. The fourth-order valence-corrected chi connectivity index (χ4v) is 2.60. The molecule has 2 heterocycles. The molecule has 0 saturated heterocycles. The number of nitrogens with two attached hydrogens (primary N) is 1. The lowest BCUT2D eigenvalue weighted by Gasteiger charge is -2.17. The molecular weight excluding hydrogens is 302 g/mol. The average molecular weight is 325 g/mol. The maximum atomic E-state index is 9.80. The largest absolute Gasteiger partial charge is 0.390 e. The van der Waals surface area contributed by atoms with Gasteiger partial charge >= 0.3 is 0 Å². The molecule has 3 rings (SSSR count). The van der Waals surface area contributed by atoms with Crippen LogP contribution < -0.4 is 11.1 Å². The van der Waals surface area contributed by atoms with E-state index in [1.165, 1.54) is 0 Å². The maximum Gasteiger partial charge on any atom is 0.154 e. The third-order valence-electron chi connectivity index (χ3n) is 3.92. The molecule has 0 spiro atoms. The Hall–Kier alpha value is -2.44. The van der Waals surface area contributed by atoms with E-state index in [1.54, 1.807) is 13.8 Å². The molecule has 0 fully saturated rings. The first-order chi connectivity index (χ1) is 11.5. The molecule has 4 N–H and O–H groups in total. The molecule has 6 nitrogen and oxygen atoms in total. The lowest BCUT2D eigenvalue weighted by Crippen LogP contribution is -2.23. The summed E-state index contributed by atoms with van der Waals surface area (Å²) in [5, 5.41) is 17.7. The molecule has 2 aromatic heterocycles. The smallest absolute Gasteiger partial charge is 0.154 e. The van der Waals surface area contributed by atoms with E-state index >= 15 is 0 Å². The number of imidazole rings is 1. The number of fused-ring (bicyclic) bond motifs is 1. The van der Waals surface area contributed by atoms with Crippen molar-refractivity contribution < 1.29 is 5.11 Å². The highest BCUT2D eigenvalue weighted by atomic mass is 16.3. The number of benzene rings is 1. The van der Waals surface area contributed by atoms with Crippen LogP contribution in [0.15, 0.2) is 42.6 Å². The first-order valence-corrected chi connectivity index (χ1v) is 8.07. The summed E-state index contributed by atoms with van der Waals surface area (Å²) in [6.07, 6.45) is 2.46. The van der Waals surface area contributed by atoms with Crippen molar-refractivity contribution in [3.05, 3.63) is 48.2 Å². The van der Waals surface area contributed by atoms with Gasteiger partial charge in [0.2, 0.25) is 0 Å². The van der Waals surface area contributed by atoms with Gasteiger partial charge in [0.1, 0.15) is 5.82 Å². The summed E-state index contributed by atoms with van der Waals surface area (Å²) in [4.78, 5) is 4.42. The summed E-state index contributed by atoms with van der Waals surface area (Å²) in [5.41, 5.74) is 8.94. The van der Waals surface area contributed by atoms with Gasteiger partial charge in [-0.1, -0.05) is 24.3 Å². The van der Waals surface area contributed by atoms with E-state index in [0.717, 1.165) is 28.3 Å². The minimum Gasteiger partial charge on any atom is -0.390 e. The van der Waals surface area contributed by atoms with Crippen LogP contribution in [0.2, 0.25) is 0 Å². The fraction of sp³-hybridized carbons (Fsp3) is 0.333. The lowest BCUT2D eigenvalue weighted by molar-refractivity contribution is 0.0748. The standard InChI is InChI=1S/C18H23N5O/c1-18(2,24)9-10-20-16-7-8-17-21-12-15(23(17)22-16)14-6-4-3-5-13(14)11-19/h3-8,12,24H,9-11,19H2,1-2H3,(H,20,22). The molecule has 24 heavy (non-hydrogen) atoms. The van der Waals surface area contributed by atoms with E-state index < -0.39 is 5.60 Å². The summed E-state index contributed by atoms with van der Waals surface area (Å²) < 4.78 is 1.82. The molecule has 0 atom stereocenters. The lowest BCUT2D eigenvalue weighted by atomic mass is 10.1. The molecule has 0 amide bonds. The van der Waals surface area contributed by atoms with Gasteiger partial charge in [0.25, 0.3) is 0 Å². The SMILES string of the molecule is CC(C)(O)CCNc1ccc2ncc(-c3ccccc3CN)n2n1. The van der Waals surface area contributed by atoms with Gasteiger partial charge in [-0.2, -0.15) is 0 Å². The molecule has 0 unspecified atom stereocenters. The molecule has 0 aliphatic rings. The summed E-state index contributed by atoms with van der Waals surface area (Å²) in [7, 11) is 0. The third-order valence-corrected chi connectivity index (χ3v) is 3.92. The van der Waals surface area contributed by atoms with Gasteiger partial charge in [-0.3, -0.25) is 0 Å². The Labute approximate surface area is 141 Å². The van der Waals surface area contributed by atoms with Gasteiger partial charge in [-0.25, -0.2) is 9.50 Å². The van der Waals surface area contributed by atoms with Crippen LogP contribution in [0.4, 0.5) is 5.82 Å². The quantitative estimate of drug-likeness (QED) is 0.648. The number of hydrogen-bond acceptors (Lipinski definition) is 5. The summed E-state index contributed by atoms with van der Waals surface area (Å²) in [6, 6.07) is 11.8. The zero-order chi connectivity index (χ0) is 17.2. The number of nitrogens with one attached hydrogen (secondary N) is 1. The Bertz CT molecular complexity index is 835. The van der Waals surface area contributed by atoms with Crippen LogP contribution in [0.3, 0.4) is 0 Å². The molecular formula is C18H23N5O. The van der Waals surface area contributed by atoms with Gasteiger partial charge in [-0.05, 0) is 38.0 Å². The van der Waals surface area contributed by atoms with Crippen LogP contribution >= 0.6 is 0 Å². The van der Waals surface area contributed by atoms with Crippen LogP contribution in [-0.4, -0.2) is 31.9 Å². The minimum absolute atomic E-state index is 0.465. The van der Waals surface area contributed by atoms with Crippen LogP contribution in [0.1, 0.15) is 25.8 Å². The second kappa shape index (κ2) is 6.59. The Morgan fingerprint density at radius 3 is 2.75 bits per heavy atom. The van der Waals surface area contributed by atoms with Crippen molar-refractivity contribution in [1.29, 1.82) is 0 Å². The molecule has 0 saturated carbocycles. The Balaban J connectivity index is 1.92. The second-order valence-electron chi connectivity index (χ2n) is 6.48. The van der Waals surface area contributed by atoms with Gasteiger partial charge in [0.15, 0.2) is 5.65 Å². The summed E-state index contributed by atoms with van der Waals surface area (Å²) in [6.45, 7) is 4.70. The molecule has 0 bridgehead atoms. The first kappa shape index (κ1) is 16.4. The fourth-order valence-electron chi connectivity index (χ4n) is 2.60. The van der Waals surface area contributed by atoms with E-state index in [1.807, 2.05) is 47.1 Å². The monoisotopic (exact) mass is 325 g/mol. The van der Waals surface area contributed by atoms with E-state index in [-0.39, 0.29) is 0 Å². The highest BCUT2D eigenvalue weighted by molar-refractivity contribution is 5.67. The van der Waals surface area contributed by atoms with Gasteiger partial charge in [0, 0.05) is 18.7 Å². The number of rotatable bonds is 6. The van der Waals surface area contributed by atoms with E-state index in [2.05, 4.69) is 15.4 Å². The zero-order valence-electron chi connectivity index (χ0n) is 14.0. The predicted molar refractivity (Wildman–Crippen MR) is 95.7 cm³/mol. The second-order valence-corrected chi connectivity index (χ2v) is 6.48. The maximum absolute atomic E-state index is 9.80. The molecule has 3 aromatic rings. The Morgan fingerprint density at radius 2 is 2.00 bits per heavy atom. The van der Waals surface area contributed by atoms with Crippen molar-refractivity contribution in [2.75, 3.05) is 11.9 Å². The average Bonchev–Trinajstić information content (AvgIpc) is 2.96. The van der Waals surface area contributed by atoms with Gasteiger partial charge < -0.3 is 16.2 Å². The summed E-state index contributed by atoms with van der Waals surface area (Å²) >= 11 is 0. The number of aromatic nitrogens is 3. The first-order valence-electron chi connectivity index (χ1n) is 8.07.